The number of carbonyl (C=O) groups excluding carboxylic acids is 1. The van der Waals surface area contributed by atoms with E-state index in [-0.39, 0.29) is 11.7 Å². The third-order valence-electron chi connectivity index (χ3n) is 4.65. The first-order valence-electron chi connectivity index (χ1n) is 8.62. The Morgan fingerprint density at radius 1 is 1.07 bits per heavy atom. The number of hydrogen-bond acceptors (Lipinski definition) is 4. The summed E-state index contributed by atoms with van der Waals surface area (Å²) in [5.41, 5.74) is 3.44. The van der Waals surface area contributed by atoms with Crippen LogP contribution in [0.15, 0.2) is 59.0 Å². The van der Waals surface area contributed by atoms with E-state index in [1.807, 2.05) is 62.5 Å². The fourth-order valence-corrected chi connectivity index (χ4v) is 3.29. The molecule has 3 heterocycles. The minimum Gasteiger partial charge on any atom is -0.451 e. The summed E-state index contributed by atoms with van der Waals surface area (Å²) in [5.74, 6) is 0.377. The van der Waals surface area contributed by atoms with Crippen molar-refractivity contribution in [3.8, 4) is 0 Å². The average molecular weight is 356 g/mol. The Balaban J connectivity index is 1.57. The first-order chi connectivity index (χ1) is 13.1. The van der Waals surface area contributed by atoms with Gasteiger partial charge in [0.1, 0.15) is 5.58 Å². The minimum atomic E-state index is -0.338. The van der Waals surface area contributed by atoms with Gasteiger partial charge in [-0.25, -0.2) is 9.67 Å². The van der Waals surface area contributed by atoms with Gasteiger partial charge in [0.25, 0.3) is 5.91 Å². The molecule has 2 aromatic carbocycles. The number of aryl methyl sites for hydroxylation is 2. The molecule has 6 nitrogen and oxygen atoms in total. The number of furan rings is 1. The topological polar surface area (TPSA) is 73.0 Å². The van der Waals surface area contributed by atoms with Crippen LogP contribution in [0.25, 0.3) is 32.9 Å². The SMILES string of the molecule is Cc1ccc2cc3c(NC(=O)c4cc5ccccc5o4)nn(C)c3nc2c1. The average Bonchev–Trinajstić information content (AvgIpc) is 3.22. The lowest BCUT2D eigenvalue weighted by Gasteiger charge is -2.02. The molecular weight excluding hydrogens is 340 g/mol. The maximum Gasteiger partial charge on any atom is 0.292 e. The van der Waals surface area contributed by atoms with E-state index in [1.54, 1.807) is 10.7 Å². The van der Waals surface area contributed by atoms with Gasteiger partial charge in [-0.3, -0.25) is 4.79 Å². The highest BCUT2D eigenvalue weighted by Crippen LogP contribution is 2.27. The van der Waals surface area contributed by atoms with Crippen molar-refractivity contribution < 1.29 is 9.21 Å². The molecule has 0 aliphatic heterocycles. The Bertz CT molecular complexity index is 1310. The van der Waals surface area contributed by atoms with Crippen LogP contribution >= 0.6 is 0 Å². The molecule has 6 heteroatoms. The molecule has 1 N–H and O–H groups in total. The predicted molar refractivity (Wildman–Crippen MR) is 105 cm³/mol. The molecule has 27 heavy (non-hydrogen) atoms. The standard InChI is InChI=1S/C21H16N4O2/c1-12-7-8-13-10-15-19(24-25(2)20(15)22-16(13)9-12)23-21(26)18-11-14-5-3-4-6-17(14)27-18/h3-11H,1-2H3,(H,23,24,26). The van der Waals surface area contributed by atoms with Crippen molar-refractivity contribution in [3.63, 3.8) is 0 Å². The predicted octanol–water partition coefficient (Wildman–Crippen LogP) is 4.43. The van der Waals surface area contributed by atoms with Crippen LogP contribution in [0.3, 0.4) is 0 Å². The van der Waals surface area contributed by atoms with Crippen LogP contribution in [0.1, 0.15) is 16.1 Å². The third-order valence-corrected chi connectivity index (χ3v) is 4.65. The summed E-state index contributed by atoms with van der Waals surface area (Å²) in [6, 6.07) is 17.3. The highest BCUT2D eigenvalue weighted by Gasteiger charge is 2.17. The van der Waals surface area contributed by atoms with Gasteiger partial charge >= 0.3 is 0 Å². The summed E-state index contributed by atoms with van der Waals surface area (Å²) < 4.78 is 7.31. The lowest BCUT2D eigenvalue weighted by molar-refractivity contribution is 0.0998. The number of para-hydroxylation sites is 1. The highest BCUT2D eigenvalue weighted by molar-refractivity contribution is 6.08. The van der Waals surface area contributed by atoms with Gasteiger partial charge in [0, 0.05) is 17.8 Å². The molecule has 0 radical (unpaired) electrons. The van der Waals surface area contributed by atoms with Crippen molar-refractivity contribution in [3.05, 3.63) is 65.9 Å². The second-order valence-corrected chi connectivity index (χ2v) is 6.63. The normalized spacial score (nSPS) is 11.5. The van der Waals surface area contributed by atoms with Gasteiger partial charge in [-0.1, -0.05) is 30.3 Å². The van der Waals surface area contributed by atoms with E-state index in [0.717, 1.165) is 27.2 Å². The molecule has 0 saturated heterocycles. The van der Waals surface area contributed by atoms with Crippen LogP contribution in [-0.2, 0) is 7.05 Å². The van der Waals surface area contributed by atoms with Crippen molar-refractivity contribution in [2.75, 3.05) is 5.32 Å². The lowest BCUT2D eigenvalue weighted by atomic mass is 10.1. The number of carbonyl (C=O) groups is 1. The van der Waals surface area contributed by atoms with Gasteiger partial charge in [-0.15, -0.1) is 0 Å². The summed E-state index contributed by atoms with van der Waals surface area (Å²) in [6.07, 6.45) is 0. The number of nitrogens with one attached hydrogen (secondary N) is 1. The van der Waals surface area contributed by atoms with Crippen LogP contribution in [0, 0.1) is 6.92 Å². The number of fused-ring (bicyclic) bond motifs is 3. The first-order valence-corrected chi connectivity index (χ1v) is 8.62. The Hall–Kier alpha value is -3.67. The van der Waals surface area contributed by atoms with Gasteiger partial charge in [0.05, 0.1) is 10.9 Å². The summed E-state index contributed by atoms with van der Waals surface area (Å²) in [5, 5.41) is 9.97. The Morgan fingerprint density at radius 2 is 1.93 bits per heavy atom. The molecule has 0 aliphatic rings. The fourth-order valence-electron chi connectivity index (χ4n) is 3.29. The quantitative estimate of drug-likeness (QED) is 0.508. The minimum absolute atomic E-state index is 0.249. The molecule has 0 spiro atoms. The van der Waals surface area contributed by atoms with Gasteiger partial charge in [-0.05, 0) is 36.8 Å². The molecule has 0 unspecified atom stereocenters. The monoisotopic (exact) mass is 356 g/mol. The van der Waals surface area contributed by atoms with Crippen LogP contribution < -0.4 is 5.32 Å². The van der Waals surface area contributed by atoms with Gasteiger partial charge in [0.2, 0.25) is 0 Å². The second-order valence-electron chi connectivity index (χ2n) is 6.63. The van der Waals surface area contributed by atoms with Gasteiger partial charge in [0.15, 0.2) is 17.2 Å². The summed E-state index contributed by atoms with van der Waals surface area (Å²) in [7, 11) is 1.81. The molecule has 0 atom stereocenters. The first kappa shape index (κ1) is 15.6. The number of nitrogens with zero attached hydrogens (tertiary/aromatic N) is 3. The van der Waals surface area contributed by atoms with Crippen LogP contribution in [-0.4, -0.2) is 20.7 Å². The molecule has 0 bridgehead atoms. The fraction of sp³-hybridized carbons (Fsp3) is 0.0952. The number of rotatable bonds is 2. The van der Waals surface area contributed by atoms with E-state index in [4.69, 9.17) is 9.40 Å². The van der Waals surface area contributed by atoms with E-state index in [1.165, 1.54) is 0 Å². The number of aromatic nitrogens is 3. The van der Waals surface area contributed by atoms with E-state index >= 15 is 0 Å². The van der Waals surface area contributed by atoms with E-state index < -0.39 is 0 Å². The maximum atomic E-state index is 12.7. The van der Waals surface area contributed by atoms with Crippen LogP contribution in [0.5, 0.6) is 0 Å². The summed E-state index contributed by atoms with van der Waals surface area (Å²) >= 11 is 0. The number of benzene rings is 2. The molecule has 3 aromatic heterocycles. The molecule has 0 fully saturated rings. The highest BCUT2D eigenvalue weighted by atomic mass is 16.3. The lowest BCUT2D eigenvalue weighted by Crippen LogP contribution is -2.11. The number of amides is 1. The van der Waals surface area contributed by atoms with Gasteiger partial charge in [-0.2, -0.15) is 5.10 Å². The molecule has 1 amide bonds. The molecular formula is C21H16N4O2. The maximum absolute atomic E-state index is 12.7. The number of anilines is 1. The Labute approximate surface area is 154 Å². The summed E-state index contributed by atoms with van der Waals surface area (Å²) in [4.78, 5) is 17.4. The molecule has 5 rings (SSSR count). The van der Waals surface area contributed by atoms with E-state index in [0.29, 0.717) is 17.0 Å². The zero-order valence-corrected chi connectivity index (χ0v) is 14.9. The molecule has 0 saturated carbocycles. The van der Waals surface area contributed by atoms with Crippen molar-refractivity contribution in [1.82, 2.24) is 14.8 Å². The van der Waals surface area contributed by atoms with E-state index in [2.05, 4.69) is 10.4 Å². The Kier molecular flexibility index (Phi) is 3.27. The Morgan fingerprint density at radius 3 is 2.78 bits per heavy atom. The van der Waals surface area contributed by atoms with Crippen molar-refractivity contribution >= 4 is 44.6 Å². The third kappa shape index (κ3) is 2.54. The van der Waals surface area contributed by atoms with Crippen LogP contribution in [0.4, 0.5) is 5.82 Å². The molecule has 0 aliphatic carbocycles. The zero-order valence-electron chi connectivity index (χ0n) is 14.9. The van der Waals surface area contributed by atoms with Crippen LogP contribution in [0.2, 0.25) is 0 Å². The number of hydrogen-bond donors (Lipinski definition) is 1. The zero-order chi connectivity index (χ0) is 18.5. The molecule has 132 valence electrons. The number of pyridine rings is 1. The van der Waals surface area contributed by atoms with Crippen molar-refractivity contribution in [2.45, 2.75) is 6.92 Å². The van der Waals surface area contributed by atoms with Crippen molar-refractivity contribution in [2.24, 2.45) is 7.05 Å². The molecule has 5 aromatic rings. The smallest absolute Gasteiger partial charge is 0.292 e. The second kappa shape index (κ2) is 5.67. The van der Waals surface area contributed by atoms with Crippen molar-refractivity contribution in [1.29, 1.82) is 0 Å². The largest absolute Gasteiger partial charge is 0.451 e. The van der Waals surface area contributed by atoms with E-state index in [9.17, 15) is 4.79 Å². The summed E-state index contributed by atoms with van der Waals surface area (Å²) in [6.45, 7) is 2.04. The van der Waals surface area contributed by atoms with Gasteiger partial charge < -0.3 is 9.73 Å².